The Labute approximate surface area is 234 Å². The van der Waals surface area contributed by atoms with E-state index in [-0.39, 0.29) is 5.91 Å². The van der Waals surface area contributed by atoms with Crippen LogP contribution in [0, 0.1) is 0 Å². The lowest BCUT2D eigenvalue weighted by atomic mass is 9.84. The molecule has 4 aromatic rings. The lowest BCUT2D eigenvalue weighted by Crippen LogP contribution is -2.40. The molecule has 0 saturated carbocycles. The van der Waals surface area contributed by atoms with Crippen LogP contribution in [0.2, 0.25) is 0 Å². The first-order valence-electron chi connectivity index (χ1n) is 13.8. The van der Waals surface area contributed by atoms with Crippen LogP contribution >= 0.6 is 11.8 Å². The number of rotatable bonds is 4. The normalized spacial score (nSPS) is 19.9. The summed E-state index contributed by atoms with van der Waals surface area (Å²) in [5.74, 6) is -0.0558. The van der Waals surface area contributed by atoms with Gasteiger partial charge in [0.2, 0.25) is 5.91 Å². The number of anilines is 1. The van der Waals surface area contributed by atoms with Crippen molar-refractivity contribution in [3.8, 4) is 11.1 Å². The van der Waals surface area contributed by atoms with Crippen molar-refractivity contribution in [1.29, 1.82) is 0 Å². The van der Waals surface area contributed by atoms with Crippen molar-refractivity contribution in [2.45, 2.75) is 61.0 Å². The maximum atomic E-state index is 11.8. The van der Waals surface area contributed by atoms with Crippen molar-refractivity contribution in [1.82, 2.24) is 9.88 Å². The van der Waals surface area contributed by atoms with E-state index in [1.807, 2.05) is 42.2 Å². The summed E-state index contributed by atoms with van der Waals surface area (Å²) in [6, 6.07) is 31.2. The van der Waals surface area contributed by atoms with Gasteiger partial charge in [0.05, 0.1) is 5.69 Å². The molecule has 194 valence electrons. The maximum absolute atomic E-state index is 11.8. The van der Waals surface area contributed by atoms with E-state index < -0.39 is 0 Å². The van der Waals surface area contributed by atoms with E-state index in [2.05, 4.69) is 75.9 Å². The summed E-state index contributed by atoms with van der Waals surface area (Å²) in [6.45, 7) is 2.50. The van der Waals surface area contributed by atoms with Crippen molar-refractivity contribution in [2.24, 2.45) is 0 Å². The number of fused-ring (bicyclic) bond motifs is 4. The predicted octanol–water partition coefficient (Wildman–Crippen LogP) is 7.80. The summed E-state index contributed by atoms with van der Waals surface area (Å²) in [5.41, 5.74) is 9.94. The number of pyridine rings is 1. The molecule has 2 bridgehead atoms. The van der Waals surface area contributed by atoms with Crippen LogP contribution in [-0.2, 0) is 11.3 Å². The third kappa shape index (κ3) is 4.60. The molecule has 0 spiro atoms. The van der Waals surface area contributed by atoms with Crippen LogP contribution in [0.4, 0.5) is 5.69 Å². The summed E-state index contributed by atoms with van der Waals surface area (Å²) in [4.78, 5) is 21.8. The Morgan fingerprint density at radius 2 is 1.59 bits per heavy atom. The first-order chi connectivity index (χ1) is 19.1. The van der Waals surface area contributed by atoms with Crippen LogP contribution in [0.1, 0.15) is 49.4 Å². The van der Waals surface area contributed by atoms with Gasteiger partial charge in [-0.3, -0.25) is 14.7 Å². The molecule has 1 amide bonds. The molecule has 39 heavy (non-hydrogen) atoms. The number of benzene rings is 3. The van der Waals surface area contributed by atoms with Crippen LogP contribution in [0.15, 0.2) is 106 Å². The molecule has 0 aliphatic carbocycles. The fourth-order valence-corrected chi connectivity index (χ4v) is 7.80. The number of nitrogens with zero attached hydrogens (tertiary/aromatic N) is 2. The largest absolute Gasteiger partial charge is 0.326 e. The third-order valence-corrected chi connectivity index (χ3v) is 9.47. The highest BCUT2D eigenvalue weighted by atomic mass is 32.2. The zero-order valence-electron chi connectivity index (χ0n) is 22.1. The van der Waals surface area contributed by atoms with E-state index in [9.17, 15) is 4.79 Å². The molecule has 3 aliphatic heterocycles. The predicted molar refractivity (Wildman–Crippen MR) is 159 cm³/mol. The zero-order valence-corrected chi connectivity index (χ0v) is 22.9. The van der Waals surface area contributed by atoms with E-state index >= 15 is 0 Å². The number of hydrogen-bond donors (Lipinski definition) is 1. The number of nitrogens with one attached hydrogen (secondary N) is 1. The van der Waals surface area contributed by atoms with Gasteiger partial charge in [0.1, 0.15) is 0 Å². The van der Waals surface area contributed by atoms with E-state index in [4.69, 9.17) is 0 Å². The molecule has 2 unspecified atom stereocenters. The molecule has 1 aromatic heterocycles. The summed E-state index contributed by atoms with van der Waals surface area (Å²) < 4.78 is 0. The Kier molecular flexibility index (Phi) is 6.34. The molecule has 3 aromatic carbocycles. The zero-order chi connectivity index (χ0) is 26.3. The van der Waals surface area contributed by atoms with Crippen molar-refractivity contribution < 1.29 is 4.79 Å². The number of amides is 1. The highest BCUT2D eigenvalue weighted by Crippen LogP contribution is 2.51. The van der Waals surface area contributed by atoms with Gasteiger partial charge in [0, 0.05) is 52.8 Å². The first-order valence-corrected chi connectivity index (χ1v) is 14.6. The summed E-state index contributed by atoms with van der Waals surface area (Å²) in [5, 5.41) is 3.00. The van der Waals surface area contributed by atoms with Crippen LogP contribution in [0.5, 0.6) is 0 Å². The minimum Gasteiger partial charge on any atom is -0.326 e. The number of hydrogen-bond acceptors (Lipinski definition) is 4. The second-order valence-corrected chi connectivity index (χ2v) is 11.9. The van der Waals surface area contributed by atoms with Gasteiger partial charge < -0.3 is 5.32 Å². The van der Waals surface area contributed by atoms with Gasteiger partial charge in [-0.2, -0.15) is 0 Å². The molecule has 2 fully saturated rings. The van der Waals surface area contributed by atoms with Crippen molar-refractivity contribution in [3.05, 3.63) is 114 Å². The first kappa shape index (κ1) is 24.4. The molecule has 4 nitrogen and oxygen atoms in total. The fourth-order valence-electron chi connectivity index (χ4n) is 6.67. The molecule has 2 saturated heterocycles. The second kappa shape index (κ2) is 10.1. The van der Waals surface area contributed by atoms with Crippen LogP contribution in [0.3, 0.4) is 0 Å². The monoisotopic (exact) mass is 529 g/mol. The maximum Gasteiger partial charge on any atom is 0.221 e. The van der Waals surface area contributed by atoms with Gasteiger partial charge in [-0.1, -0.05) is 71.9 Å². The molecule has 3 aliphatic rings. The van der Waals surface area contributed by atoms with Gasteiger partial charge in [-0.15, -0.1) is 0 Å². The molecule has 4 heterocycles. The standard InChI is InChI=1S/C34H31N3OS/c1-22(38)36-31-11-4-2-9-28(31)23-13-16-30-33(20-23)39-32-12-5-3-10-29(32)34(30)24-18-26-14-15-27(19-24)37(26)21-25-8-6-7-17-35-25/h2-13,16-17,20,26-27H,14-15,18-19,21H2,1H3,(H,36,38). The summed E-state index contributed by atoms with van der Waals surface area (Å²) in [6.07, 6.45) is 6.66. The molecule has 2 atom stereocenters. The van der Waals surface area contributed by atoms with E-state index in [0.717, 1.165) is 36.2 Å². The van der Waals surface area contributed by atoms with Gasteiger partial charge in [0.25, 0.3) is 0 Å². The highest BCUT2D eigenvalue weighted by molar-refractivity contribution is 7.99. The molecule has 5 heteroatoms. The molecular weight excluding hydrogens is 498 g/mol. The number of carbonyl (C=O) groups excluding carboxylic acids is 1. The van der Waals surface area contributed by atoms with Crippen molar-refractivity contribution >= 4 is 28.9 Å². The Bertz CT molecular complexity index is 1580. The van der Waals surface area contributed by atoms with E-state index in [1.54, 1.807) is 12.5 Å². The SMILES string of the molecule is CC(=O)Nc1ccccc1-c1ccc2c(c1)Sc1ccccc1C2=C1CC2CCC(C1)N2Cc1ccccn1. The van der Waals surface area contributed by atoms with Gasteiger partial charge in [0.15, 0.2) is 0 Å². The quantitative estimate of drug-likeness (QED) is 0.258. The molecule has 1 N–H and O–H groups in total. The Balaban J connectivity index is 1.28. The average molecular weight is 530 g/mol. The summed E-state index contributed by atoms with van der Waals surface area (Å²) >= 11 is 1.86. The Morgan fingerprint density at radius 3 is 2.36 bits per heavy atom. The van der Waals surface area contributed by atoms with Gasteiger partial charge in [-0.05, 0) is 78.3 Å². The van der Waals surface area contributed by atoms with Crippen LogP contribution < -0.4 is 5.32 Å². The molecule has 7 rings (SSSR count). The topological polar surface area (TPSA) is 45.2 Å². The minimum absolute atomic E-state index is 0.0558. The van der Waals surface area contributed by atoms with E-state index in [0.29, 0.717) is 12.1 Å². The molecule has 0 radical (unpaired) electrons. The number of aromatic nitrogens is 1. The fraction of sp³-hybridized carbons (Fsp3) is 0.235. The minimum atomic E-state index is -0.0558. The van der Waals surface area contributed by atoms with E-state index in [1.165, 1.54) is 45.0 Å². The van der Waals surface area contributed by atoms with Gasteiger partial charge in [-0.25, -0.2) is 0 Å². The second-order valence-electron chi connectivity index (χ2n) is 10.8. The lowest BCUT2D eigenvalue weighted by molar-refractivity contribution is -0.114. The number of piperidine rings is 1. The lowest BCUT2D eigenvalue weighted by Gasteiger charge is -2.38. The average Bonchev–Trinajstić information content (AvgIpc) is 3.17. The van der Waals surface area contributed by atoms with Crippen LogP contribution in [-0.4, -0.2) is 27.9 Å². The van der Waals surface area contributed by atoms with Gasteiger partial charge >= 0.3 is 0 Å². The Morgan fingerprint density at radius 1 is 0.872 bits per heavy atom. The number of para-hydroxylation sites is 1. The smallest absolute Gasteiger partial charge is 0.221 e. The van der Waals surface area contributed by atoms with Crippen molar-refractivity contribution in [2.75, 3.05) is 5.32 Å². The van der Waals surface area contributed by atoms with Crippen molar-refractivity contribution in [3.63, 3.8) is 0 Å². The molecular formula is C34H31N3OS. The van der Waals surface area contributed by atoms with Crippen LogP contribution in [0.25, 0.3) is 16.7 Å². The third-order valence-electron chi connectivity index (χ3n) is 8.34. The Hall–Kier alpha value is -3.67. The number of carbonyl (C=O) groups is 1. The summed E-state index contributed by atoms with van der Waals surface area (Å²) in [7, 11) is 0. The highest BCUT2D eigenvalue weighted by Gasteiger charge is 2.40.